The molecule has 0 aliphatic rings. The molecule has 3 nitrogen and oxygen atoms in total. The molecule has 2 N–H and O–H groups in total. The van der Waals surface area contributed by atoms with Crippen molar-refractivity contribution in [3.63, 3.8) is 0 Å². The van der Waals surface area contributed by atoms with Crippen LogP contribution in [-0.2, 0) is 0 Å². The summed E-state index contributed by atoms with van der Waals surface area (Å²) in [6.07, 6.45) is 0. The fourth-order valence-electron chi connectivity index (χ4n) is 1.54. The minimum atomic E-state index is 0.0928. The van der Waals surface area contributed by atoms with E-state index in [0.717, 1.165) is 23.5 Å². The van der Waals surface area contributed by atoms with Gasteiger partial charge in [0.25, 0.3) is 0 Å². The molecule has 1 aromatic rings. The van der Waals surface area contributed by atoms with Gasteiger partial charge in [0, 0.05) is 18.2 Å². The molecule has 0 amide bonds. The topological polar surface area (TPSA) is 41.1 Å². The van der Waals surface area contributed by atoms with Gasteiger partial charge in [-0.25, -0.2) is 0 Å². The van der Waals surface area contributed by atoms with E-state index in [2.05, 4.69) is 24.5 Å². The first-order valence-electron chi connectivity index (χ1n) is 6.70. The number of anilines is 2. The number of benzene rings is 1. The Hall–Kier alpha value is -1.51. The van der Waals surface area contributed by atoms with Crippen LogP contribution in [0.2, 0.25) is 0 Å². The van der Waals surface area contributed by atoms with Gasteiger partial charge < -0.3 is 10.6 Å². The van der Waals surface area contributed by atoms with Crippen LogP contribution >= 0.6 is 0 Å². The molecule has 102 valence electrons. The highest BCUT2D eigenvalue weighted by molar-refractivity contribution is 5.96. The van der Waals surface area contributed by atoms with Crippen LogP contribution in [0.1, 0.15) is 51.9 Å². The zero-order valence-electron chi connectivity index (χ0n) is 12.4. The largest absolute Gasteiger partial charge is 0.384 e. The molecule has 0 saturated heterocycles. The monoisotopic (exact) mass is 250 g/mol. The maximum Gasteiger partial charge on any atom is 0.159 e. The number of hydrogen-bond donors (Lipinski definition) is 2. The first-order chi connectivity index (χ1) is 8.54. The van der Waals surface area contributed by atoms with Gasteiger partial charge in [-0.2, -0.15) is 0 Å². The Morgan fingerprint density at radius 2 is 1.83 bits per heavy atom. The number of nitrogens with one attached hydrogen (secondary N) is 2. The van der Waals surface area contributed by atoms with Crippen molar-refractivity contribution in [3.05, 3.63) is 23.8 Å². The van der Waals surface area contributed by atoms with E-state index in [1.165, 1.54) is 0 Å². The summed E-state index contributed by atoms with van der Waals surface area (Å²) in [6, 6.07) is 6.08. The molecule has 0 heterocycles. The molecule has 0 aliphatic carbocycles. The molecule has 0 aromatic heterocycles. The summed E-state index contributed by atoms with van der Waals surface area (Å²) in [5, 5.41) is 6.61. The van der Waals surface area contributed by atoms with E-state index in [4.69, 9.17) is 0 Å². The van der Waals surface area contributed by atoms with Crippen LogP contribution in [0.25, 0.3) is 0 Å². The Morgan fingerprint density at radius 3 is 2.28 bits per heavy atom. The summed E-state index contributed by atoms with van der Waals surface area (Å²) >= 11 is 0. The van der Waals surface area contributed by atoms with Crippen molar-refractivity contribution in [1.82, 2.24) is 0 Å². The molecular weight excluding hydrogens is 224 g/mol. The SMILES string of the molecule is CC.CCNc1cc(C(C)=O)ccc1NC(C)C. The minimum Gasteiger partial charge on any atom is -0.384 e. The standard InChI is InChI=1S/C13H20N2O.C2H6/c1-5-14-13-8-11(10(4)16)6-7-12(13)15-9(2)3;1-2/h6-9,14-15H,5H2,1-4H3;1-2H3. The van der Waals surface area contributed by atoms with Gasteiger partial charge in [-0.05, 0) is 45.9 Å². The van der Waals surface area contributed by atoms with Gasteiger partial charge in [0.2, 0.25) is 0 Å². The third kappa shape index (κ3) is 5.21. The summed E-state index contributed by atoms with van der Waals surface area (Å²) in [7, 11) is 0. The smallest absolute Gasteiger partial charge is 0.159 e. The van der Waals surface area contributed by atoms with Crippen LogP contribution in [0.3, 0.4) is 0 Å². The molecule has 0 atom stereocenters. The first kappa shape index (κ1) is 16.5. The molecule has 18 heavy (non-hydrogen) atoms. The average molecular weight is 250 g/mol. The second-order valence-corrected chi connectivity index (χ2v) is 4.15. The molecule has 0 aliphatic heterocycles. The van der Waals surface area contributed by atoms with E-state index >= 15 is 0 Å². The van der Waals surface area contributed by atoms with Crippen LogP contribution < -0.4 is 10.6 Å². The van der Waals surface area contributed by atoms with Crippen molar-refractivity contribution < 1.29 is 4.79 Å². The van der Waals surface area contributed by atoms with E-state index in [9.17, 15) is 4.79 Å². The highest BCUT2D eigenvalue weighted by Gasteiger charge is 2.06. The van der Waals surface area contributed by atoms with E-state index in [1.54, 1.807) is 6.92 Å². The number of ketones is 1. The Labute approximate surface area is 111 Å². The molecule has 1 aromatic carbocycles. The summed E-state index contributed by atoms with van der Waals surface area (Å²) in [6.45, 7) is 12.7. The highest BCUT2D eigenvalue weighted by Crippen LogP contribution is 2.24. The highest BCUT2D eigenvalue weighted by atomic mass is 16.1. The number of carbonyl (C=O) groups is 1. The Bertz CT molecular complexity index is 373. The predicted octanol–water partition coefficient (Wildman–Crippen LogP) is 4.17. The predicted molar refractivity (Wildman–Crippen MR) is 80.7 cm³/mol. The Balaban J connectivity index is 0.00000137. The van der Waals surface area contributed by atoms with Crippen LogP contribution in [0.15, 0.2) is 18.2 Å². The Kier molecular flexibility index (Phi) is 7.84. The van der Waals surface area contributed by atoms with Crippen LogP contribution in [-0.4, -0.2) is 18.4 Å². The van der Waals surface area contributed by atoms with Gasteiger partial charge in [-0.3, -0.25) is 4.79 Å². The lowest BCUT2D eigenvalue weighted by atomic mass is 10.1. The second kappa shape index (κ2) is 8.56. The molecular formula is C15H26N2O. The molecule has 3 heteroatoms. The first-order valence-corrected chi connectivity index (χ1v) is 6.70. The lowest BCUT2D eigenvalue weighted by Crippen LogP contribution is -2.12. The molecule has 0 radical (unpaired) electrons. The number of Topliss-reactive ketones (excluding diaryl/α,β-unsaturated/α-hetero) is 1. The lowest BCUT2D eigenvalue weighted by Gasteiger charge is -2.16. The zero-order chi connectivity index (χ0) is 14.1. The van der Waals surface area contributed by atoms with Crippen LogP contribution in [0.4, 0.5) is 11.4 Å². The van der Waals surface area contributed by atoms with Gasteiger partial charge in [-0.1, -0.05) is 13.8 Å². The third-order valence-corrected chi connectivity index (χ3v) is 2.24. The van der Waals surface area contributed by atoms with Crippen molar-refractivity contribution in [2.75, 3.05) is 17.2 Å². The van der Waals surface area contributed by atoms with Crippen molar-refractivity contribution in [1.29, 1.82) is 0 Å². The van der Waals surface area contributed by atoms with Crippen LogP contribution in [0, 0.1) is 0 Å². The molecule has 0 spiro atoms. The molecule has 0 fully saturated rings. The maximum atomic E-state index is 11.3. The fourth-order valence-corrected chi connectivity index (χ4v) is 1.54. The number of carbonyl (C=O) groups excluding carboxylic acids is 1. The maximum absolute atomic E-state index is 11.3. The van der Waals surface area contributed by atoms with Crippen molar-refractivity contribution in [2.24, 2.45) is 0 Å². The van der Waals surface area contributed by atoms with E-state index in [1.807, 2.05) is 39.0 Å². The van der Waals surface area contributed by atoms with Crippen molar-refractivity contribution in [3.8, 4) is 0 Å². The molecule has 0 saturated carbocycles. The Morgan fingerprint density at radius 1 is 1.22 bits per heavy atom. The number of hydrogen-bond acceptors (Lipinski definition) is 3. The quantitative estimate of drug-likeness (QED) is 0.771. The van der Waals surface area contributed by atoms with Gasteiger partial charge in [0.1, 0.15) is 0 Å². The summed E-state index contributed by atoms with van der Waals surface area (Å²) in [4.78, 5) is 11.3. The minimum absolute atomic E-state index is 0.0928. The van der Waals surface area contributed by atoms with Gasteiger partial charge in [0.05, 0.1) is 11.4 Å². The van der Waals surface area contributed by atoms with Gasteiger partial charge in [-0.15, -0.1) is 0 Å². The van der Waals surface area contributed by atoms with Gasteiger partial charge >= 0.3 is 0 Å². The number of rotatable bonds is 5. The van der Waals surface area contributed by atoms with Crippen molar-refractivity contribution in [2.45, 2.75) is 47.6 Å². The summed E-state index contributed by atoms with van der Waals surface area (Å²) in [5.74, 6) is 0.0928. The summed E-state index contributed by atoms with van der Waals surface area (Å²) < 4.78 is 0. The average Bonchev–Trinajstić information content (AvgIpc) is 2.33. The van der Waals surface area contributed by atoms with Crippen LogP contribution in [0.5, 0.6) is 0 Å². The normalized spacial score (nSPS) is 9.50. The van der Waals surface area contributed by atoms with E-state index in [-0.39, 0.29) is 5.78 Å². The fraction of sp³-hybridized carbons (Fsp3) is 0.533. The third-order valence-electron chi connectivity index (χ3n) is 2.24. The lowest BCUT2D eigenvalue weighted by molar-refractivity contribution is 0.101. The van der Waals surface area contributed by atoms with Gasteiger partial charge in [0.15, 0.2) is 5.78 Å². The summed E-state index contributed by atoms with van der Waals surface area (Å²) in [5.41, 5.74) is 2.77. The van der Waals surface area contributed by atoms with E-state index in [0.29, 0.717) is 6.04 Å². The van der Waals surface area contributed by atoms with Crippen molar-refractivity contribution >= 4 is 17.2 Å². The molecule has 1 rings (SSSR count). The second-order valence-electron chi connectivity index (χ2n) is 4.15. The zero-order valence-corrected chi connectivity index (χ0v) is 12.4. The van der Waals surface area contributed by atoms with E-state index < -0.39 is 0 Å². The molecule has 0 unspecified atom stereocenters. The molecule has 0 bridgehead atoms.